The van der Waals surface area contributed by atoms with Gasteiger partial charge in [0.2, 0.25) is 12.6 Å². The third-order valence-electron chi connectivity index (χ3n) is 8.44. The average molecular weight is 721 g/mol. The standard InChI is InChI=1S/C34H40O17/c1-17(35)44-16-23-26(46-18(2)36)27(47-19(3)37)28(48-20(4)38)31(49-23)51-32-29-33(5,41)24(14-34(29,42)22(15-45-32)30(40)43-6)50-25(39)13-12-21-10-8-7-9-11-21/h7-13,15,23-24,26-29,31-32,41-42H,14,16H2,1-6H3/b13-12-/t23-,24+,26-,27+,28-,29-,31+,32+,33+,34+/m1/s1. The van der Waals surface area contributed by atoms with Crippen molar-refractivity contribution in [1.29, 1.82) is 0 Å². The van der Waals surface area contributed by atoms with E-state index in [0.717, 1.165) is 47.1 Å². The molecule has 278 valence electrons. The molecule has 1 aromatic rings. The zero-order valence-corrected chi connectivity index (χ0v) is 28.7. The Morgan fingerprint density at radius 1 is 0.843 bits per heavy atom. The summed E-state index contributed by atoms with van der Waals surface area (Å²) in [5, 5.41) is 24.0. The summed E-state index contributed by atoms with van der Waals surface area (Å²) < 4.78 is 49.6. The monoisotopic (exact) mass is 720 g/mol. The van der Waals surface area contributed by atoms with E-state index in [2.05, 4.69) is 0 Å². The highest BCUT2D eigenvalue weighted by Gasteiger charge is 2.69. The number of carbonyl (C=O) groups excluding carboxylic acids is 6. The minimum Gasteiger partial charge on any atom is -0.471 e. The van der Waals surface area contributed by atoms with Gasteiger partial charge in [-0.2, -0.15) is 0 Å². The smallest absolute Gasteiger partial charge is 0.339 e. The van der Waals surface area contributed by atoms with Gasteiger partial charge in [0.15, 0.2) is 18.3 Å². The van der Waals surface area contributed by atoms with E-state index in [-0.39, 0.29) is 0 Å². The second-order valence-corrected chi connectivity index (χ2v) is 12.2. The minimum absolute atomic E-state index is 0.435. The van der Waals surface area contributed by atoms with Crippen molar-refractivity contribution in [3.05, 3.63) is 53.8 Å². The van der Waals surface area contributed by atoms with E-state index < -0.39 is 115 Å². The predicted molar refractivity (Wildman–Crippen MR) is 167 cm³/mol. The summed E-state index contributed by atoms with van der Waals surface area (Å²) in [4.78, 5) is 74.1. The molecule has 17 heteroatoms. The van der Waals surface area contributed by atoms with Crippen LogP contribution in [0.1, 0.15) is 46.6 Å². The zero-order chi connectivity index (χ0) is 37.7. The molecule has 2 heterocycles. The van der Waals surface area contributed by atoms with Gasteiger partial charge in [-0.1, -0.05) is 30.3 Å². The van der Waals surface area contributed by atoms with Crippen LogP contribution >= 0.6 is 0 Å². The second kappa shape index (κ2) is 16.0. The normalized spacial score (nSPS) is 32.7. The Morgan fingerprint density at radius 2 is 1.45 bits per heavy atom. The van der Waals surface area contributed by atoms with Gasteiger partial charge < -0.3 is 52.8 Å². The number of fused-ring (bicyclic) bond motifs is 1. The summed E-state index contributed by atoms with van der Waals surface area (Å²) in [7, 11) is 1.06. The quantitative estimate of drug-likeness (QED) is 0.182. The first-order chi connectivity index (χ1) is 24.0. The molecule has 0 unspecified atom stereocenters. The van der Waals surface area contributed by atoms with Crippen molar-refractivity contribution in [2.75, 3.05) is 13.7 Å². The first kappa shape index (κ1) is 39.0. The molecule has 0 amide bonds. The van der Waals surface area contributed by atoms with Crippen molar-refractivity contribution in [2.45, 2.75) is 95.3 Å². The molecule has 2 N–H and O–H groups in total. The van der Waals surface area contributed by atoms with Gasteiger partial charge in [-0.3, -0.25) is 19.2 Å². The first-order valence-corrected chi connectivity index (χ1v) is 15.8. The molecule has 2 aliphatic heterocycles. The second-order valence-electron chi connectivity index (χ2n) is 12.2. The molecule has 4 rings (SSSR count). The van der Waals surface area contributed by atoms with Gasteiger partial charge in [-0.25, -0.2) is 9.59 Å². The molecule has 1 saturated carbocycles. The van der Waals surface area contributed by atoms with Crippen molar-refractivity contribution in [2.24, 2.45) is 5.92 Å². The summed E-state index contributed by atoms with van der Waals surface area (Å²) in [6.45, 7) is 4.89. The number of rotatable bonds is 11. The third-order valence-corrected chi connectivity index (χ3v) is 8.44. The average Bonchev–Trinajstić information content (AvgIpc) is 3.25. The van der Waals surface area contributed by atoms with Crippen molar-refractivity contribution >= 4 is 41.9 Å². The van der Waals surface area contributed by atoms with E-state index in [1.165, 1.54) is 13.0 Å². The van der Waals surface area contributed by atoms with Gasteiger partial charge in [0, 0.05) is 40.2 Å². The maximum absolute atomic E-state index is 12.9. The molecule has 2 fully saturated rings. The Bertz CT molecular complexity index is 1550. The number of methoxy groups -OCH3 is 1. The summed E-state index contributed by atoms with van der Waals surface area (Å²) in [5.74, 6) is -6.94. The molecular formula is C34H40O17. The van der Waals surface area contributed by atoms with Crippen LogP contribution in [0.15, 0.2) is 48.2 Å². The maximum Gasteiger partial charge on any atom is 0.339 e. The van der Waals surface area contributed by atoms with E-state index in [1.54, 1.807) is 30.3 Å². The summed E-state index contributed by atoms with van der Waals surface area (Å²) in [5.41, 5.74) is -4.26. The molecule has 17 nitrogen and oxygen atoms in total. The molecule has 0 bridgehead atoms. The molecule has 1 aromatic carbocycles. The van der Waals surface area contributed by atoms with Crippen LogP contribution in [0.4, 0.5) is 0 Å². The van der Waals surface area contributed by atoms with E-state index in [1.807, 2.05) is 0 Å². The molecule has 10 atom stereocenters. The lowest BCUT2D eigenvalue weighted by Gasteiger charge is -2.47. The van der Waals surface area contributed by atoms with E-state index >= 15 is 0 Å². The van der Waals surface area contributed by atoms with Gasteiger partial charge in [-0.05, 0) is 18.6 Å². The topological polar surface area (TPSA) is 226 Å². The van der Waals surface area contributed by atoms with Crippen molar-refractivity contribution < 1.29 is 81.6 Å². The number of benzene rings is 1. The lowest BCUT2D eigenvalue weighted by molar-refractivity contribution is -0.353. The highest BCUT2D eigenvalue weighted by molar-refractivity contribution is 5.91. The predicted octanol–water partition coefficient (Wildman–Crippen LogP) is 0.627. The Labute approximate surface area is 292 Å². The molecule has 3 aliphatic rings. The van der Waals surface area contributed by atoms with Crippen molar-refractivity contribution in [1.82, 2.24) is 0 Å². The van der Waals surface area contributed by atoms with Crippen molar-refractivity contribution in [3.63, 3.8) is 0 Å². The molecule has 1 aliphatic carbocycles. The third kappa shape index (κ3) is 8.91. The molecule has 0 spiro atoms. The van der Waals surface area contributed by atoms with Crippen LogP contribution in [0, 0.1) is 5.92 Å². The summed E-state index contributed by atoms with van der Waals surface area (Å²) in [6, 6.07) is 8.81. The van der Waals surface area contributed by atoms with Crippen LogP contribution < -0.4 is 0 Å². The highest BCUT2D eigenvalue weighted by atomic mass is 16.8. The van der Waals surface area contributed by atoms with Gasteiger partial charge in [0.25, 0.3) is 0 Å². The Morgan fingerprint density at radius 3 is 2.04 bits per heavy atom. The van der Waals surface area contributed by atoms with E-state index in [4.69, 9.17) is 42.6 Å². The lowest BCUT2D eigenvalue weighted by atomic mass is 9.77. The lowest BCUT2D eigenvalue weighted by Crippen LogP contribution is -2.65. The minimum atomic E-state index is -2.31. The van der Waals surface area contributed by atoms with E-state index in [0.29, 0.717) is 5.56 Å². The molecule has 0 radical (unpaired) electrons. The largest absolute Gasteiger partial charge is 0.471 e. The van der Waals surface area contributed by atoms with Gasteiger partial charge in [0.05, 0.1) is 19.3 Å². The van der Waals surface area contributed by atoms with Gasteiger partial charge in [-0.15, -0.1) is 0 Å². The van der Waals surface area contributed by atoms with Crippen LogP contribution in [0.2, 0.25) is 0 Å². The fourth-order valence-electron chi connectivity index (χ4n) is 6.34. The SMILES string of the molecule is COC(=O)C1=CO[C@@H](O[C@@H]2O[C@H](COC(C)=O)[C@@H](OC(C)=O)[C@H](OC(C)=O)[C@H]2OC(C)=O)[C@@H]2[C@@](C)(O)[C@@H](OC(=O)/C=C\c3ccccc3)C[C@]12O. The Balaban J connectivity index is 1.72. The van der Waals surface area contributed by atoms with E-state index in [9.17, 15) is 39.0 Å². The first-order valence-electron chi connectivity index (χ1n) is 15.8. The van der Waals surface area contributed by atoms with Gasteiger partial charge in [0.1, 0.15) is 35.6 Å². The van der Waals surface area contributed by atoms with Crippen LogP contribution in [0.3, 0.4) is 0 Å². The summed E-state index contributed by atoms with van der Waals surface area (Å²) in [6.07, 6.45) is -8.28. The number of ether oxygens (including phenoxy) is 9. The zero-order valence-electron chi connectivity index (χ0n) is 28.7. The number of hydrogen-bond acceptors (Lipinski definition) is 17. The fraction of sp³-hybridized carbons (Fsp3) is 0.529. The summed E-state index contributed by atoms with van der Waals surface area (Å²) >= 11 is 0. The Hall–Kier alpha value is -4.84. The van der Waals surface area contributed by atoms with Crippen LogP contribution in [0.25, 0.3) is 6.08 Å². The Kier molecular flexibility index (Phi) is 12.2. The number of hydrogen-bond donors (Lipinski definition) is 2. The van der Waals surface area contributed by atoms with Crippen LogP contribution in [-0.4, -0.2) is 114 Å². The molecular weight excluding hydrogens is 680 g/mol. The van der Waals surface area contributed by atoms with Crippen LogP contribution in [0.5, 0.6) is 0 Å². The highest BCUT2D eigenvalue weighted by Crippen LogP contribution is 2.53. The number of carbonyl (C=O) groups is 6. The molecule has 0 aromatic heterocycles. The maximum atomic E-state index is 12.9. The van der Waals surface area contributed by atoms with Crippen LogP contribution in [-0.2, 0) is 71.4 Å². The number of aliphatic hydroxyl groups is 2. The molecule has 1 saturated heterocycles. The fourth-order valence-corrected chi connectivity index (χ4v) is 6.34. The molecule has 51 heavy (non-hydrogen) atoms. The van der Waals surface area contributed by atoms with Crippen molar-refractivity contribution in [3.8, 4) is 0 Å². The number of esters is 6. The van der Waals surface area contributed by atoms with Gasteiger partial charge >= 0.3 is 35.8 Å².